The molecule has 0 aliphatic carbocycles. The van der Waals surface area contributed by atoms with Gasteiger partial charge in [-0.15, -0.1) is 0 Å². The van der Waals surface area contributed by atoms with Crippen LogP contribution in [-0.4, -0.2) is 31.8 Å². The SMILES string of the molecule is CCOC(=O)C=Cc1c(C)cccc1OCCCC(=O)OCC. The molecule has 0 fully saturated rings. The van der Waals surface area contributed by atoms with Crippen LogP contribution in [0.25, 0.3) is 6.08 Å². The molecule has 0 heterocycles. The van der Waals surface area contributed by atoms with Crippen LogP contribution in [0, 0.1) is 6.92 Å². The fourth-order valence-corrected chi connectivity index (χ4v) is 1.97. The second kappa shape index (κ2) is 10.4. The molecular weight excluding hydrogens is 296 g/mol. The van der Waals surface area contributed by atoms with Gasteiger partial charge in [0.15, 0.2) is 0 Å². The summed E-state index contributed by atoms with van der Waals surface area (Å²) in [6, 6.07) is 5.66. The molecular formula is C18H24O5. The molecule has 126 valence electrons. The lowest BCUT2D eigenvalue weighted by Gasteiger charge is -2.11. The average Bonchev–Trinajstić information content (AvgIpc) is 2.51. The van der Waals surface area contributed by atoms with E-state index in [4.69, 9.17) is 14.2 Å². The largest absolute Gasteiger partial charge is 0.493 e. The number of benzene rings is 1. The number of esters is 2. The number of ether oxygens (including phenoxy) is 3. The lowest BCUT2D eigenvalue weighted by molar-refractivity contribution is -0.143. The molecule has 1 aromatic rings. The molecule has 5 heteroatoms. The van der Waals surface area contributed by atoms with Gasteiger partial charge in [0.25, 0.3) is 0 Å². The van der Waals surface area contributed by atoms with Crippen LogP contribution in [-0.2, 0) is 19.1 Å². The molecule has 0 aliphatic heterocycles. The number of aryl methyl sites for hydroxylation is 1. The molecule has 0 atom stereocenters. The molecule has 0 amide bonds. The summed E-state index contributed by atoms with van der Waals surface area (Å²) in [5.41, 5.74) is 1.82. The average molecular weight is 320 g/mol. The third-order valence-corrected chi connectivity index (χ3v) is 3.04. The summed E-state index contributed by atoms with van der Waals surface area (Å²) >= 11 is 0. The summed E-state index contributed by atoms with van der Waals surface area (Å²) in [6.07, 6.45) is 3.98. The molecule has 0 aliphatic rings. The van der Waals surface area contributed by atoms with Gasteiger partial charge in [0.2, 0.25) is 0 Å². The van der Waals surface area contributed by atoms with Crippen molar-refractivity contribution in [3.8, 4) is 5.75 Å². The molecule has 0 radical (unpaired) electrons. The smallest absolute Gasteiger partial charge is 0.330 e. The molecule has 0 bridgehead atoms. The quantitative estimate of drug-likeness (QED) is 0.397. The molecule has 0 saturated heterocycles. The first-order valence-corrected chi connectivity index (χ1v) is 7.81. The Labute approximate surface area is 137 Å². The highest BCUT2D eigenvalue weighted by atomic mass is 16.5. The first-order valence-electron chi connectivity index (χ1n) is 7.81. The molecule has 5 nitrogen and oxygen atoms in total. The fourth-order valence-electron chi connectivity index (χ4n) is 1.97. The molecule has 0 N–H and O–H groups in total. The highest BCUT2D eigenvalue weighted by Gasteiger charge is 2.06. The predicted octanol–water partition coefficient (Wildman–Crippen LogP) is 3.29. The van der Waals surface area contributed by atoms with Gasteiger partial charge >= 0.3 is 11.9 Å². The number of hydrogen-bond acceptors (Lipinski definition) is 5. The maximum absolute atomic E-state index is 11.4. The summed E-state index contributed by atoms with van der Waals surface area (Å²) < 4.78 is 15.5. The molecule has 1 aromatic carbocycles. The Kier molecular flexibility index (Phi) is 8.50. The van der Waals surface area contributed by atoms with Gasteiger partial charge in [0, 0.05) is 18.1 Å². The van der Waals surface area contributed by atoms with Crippen LogP contribution in [0.3, 0.4) is 0 Å². The topological polar surface area (TPSA) is 61.8 Å². The summed E-state index contributed by atoms with van der Waals surface area (Å²) in [4.78, 5) is 22.7. The summed E-state index contributed by atoms with van der Waals surface area (Å²) in [5.74, 6) is 0.0706. The van der Waals surface area contributed by atoms with Crippen molar-refractivity contribution in [3.63, 3.8) is 0 Å². The highest BCUT2D eigenvalue weighted by Crippen LogP contribution is 2.24. The maximum Gasteiger partial charge on any atom is 0.330 e. The van der Waals surface area contributed by atoms with Gasteiger partial charge in [-0.3, -0.25) is 4.79 Å². The van der Waals surface area contributed by atoms with E-state index in [1.165, 1.54) is 6.08 Å². The first kappa shape index (κ1) is 18.7. The van der Waals surface area contributed by atoms with Crippen LogP contribution >= 0.6 is 0 Å². The van der Waals surface area contributed by atoms with Crippen LogP contribution in [0.5, 0.6) is 5.75 Å². The maximum atomic E-state index is 11.4. The Morgan fingerprint density at radius 2 is 1.87 bits per heavy atom. The van der Waals surface area contributed by atoms with Crippen LogP contribution < -0.4 is 4.74 Å². The zero-order chi connectivity index (χ0) is 17.1. The van der Waals surface area contributed by atoms with Crippen molar-refractivity contribution in [2.45, 2.75) is 33.6 Å². The third-order valence-electron chi connectivity index (χ3n) is 3.04. The van der Waals surface area contributed by atoms with Crippen LogP contribution in [0.15, 0.2) is 24.3 Å². The Hall–Kier alpha value is -2.30. The molecule has 0 unspecified atom stereocenters. The first-order chi connectivity index (χ1) is 11.1. The minimum atomic E-state index is -0.385. The van der Waals surface area contributed by atoms with E-state index < -0.39 is 0 Å². The lowest BCUT2D eigenvalue weighted by atomic mass is 10.1. The Morgan fingerprint density at radius 3 is 2.57 bits per heavy atom. The summed E-state index contributed by atoms with van der Waals surface area (Å²) in [7, 11) is 0. The van der Waals surface area contributed by atoms with Gasteiger partial charge < -0.3 is 14.2 Å². The van der Waals surface area contributed by atoms with Crippen molar-refractivity contribution in [2.75, 3.05) is 19.8 Å². The van der Waals surface area contributed by atoms with Gasteiger partial charge in [-0.2, -0.15) is 0 Å². The minimum absolute atomic E-state index is 0.220. The standard InChI is InChI=1S/C18H24O5/c1-4-21-17(19)10-7-13-23-16-9-6-8-14(3)15(16)11-12-18(20)22-5-2/h6,8-9,11-12H,4-5,7,10,13H2,1-3H3. The van der Waals surface area contributed by atoms with E-state index >= 15 is 0 Å². The Balaban J connectivity index is 2.63. The van der Waals surface area contributed by atoms with Crippen LogP contribution in [0.2, 0.25) is 0 Å². The lowest BCUT2D eigenvalue weighted by Crippen LogP contribution is -2.07. The predicted molar refractivity (Wildman–Crippen MR) is 88.2 cm³/mol. The fraction of sp³-hybridized carbons (Fsp3) is 0.444. The zero-order valence-electron chi connectivity index (χ0n) is 14.0. The summed E-state index contributed by atoms with van der Waals surface area (Å²) in [6.45, 7) is 6.62. The number of carbonyl (C=O) groups excluding carboxylic acids is 2. The highest BCUT2D eigenvalue weighted by molar-refractivity contribution is 5.87. The van der Waals surface area contributed by atoms with E-state index in [1.54, 1.807) is 19.9 Å². The van der Waals surface area contributed by atoms with Crippen molar-refractivity contribution >= 4 is 18.0 Å². The van der Waals surface area contributed by atoms with Crippen molar-refractivity contribution in [2.24, 2.45) is 0 Å². The second-order valence-corrected chi connectivity index (χ2v) is 4.83. The molecule has 0 aromatic heterocycles. The van der Waals surface area contributed by atoms with Crippen LogP contribution in [0.1, 0.15) is 37.8 Å². The van der Waals surface area contributed by atoms with E-state index in [0.29, 0.717) is 38.4 Å². The number of carbonyl (C=O) groups is 2. The van der Waals surface area contributed by atoms with Crippen LogP contribution in [0.4, 0.5) is 0 Å². The third kappa shape index (κ3) is 7.00. The Bertz CT molecular complexity index is 548. The molecule has 0 spiro atoms. The number of rotatable bonds is 9. The van der Waals surface area contributed by atoms with Crippen molar-refractivity contribution in [1.82, 2.24) is 0 Å². The summed E-state index contributed by atoms with van der Waals surface area (Å²) in [5, 5.41) is 0. The molecule has 1 rings (SSSR count). The van der Waals surface area contributed by atoms with Crippen molar-refractivity contribution in [1.29, 1.82) is 0 Å². The molecule has 0 saturated carbocycles. The van der Waals surface area contributed by atoms with E-state index in [2.05, 4.69) is 0 Å². The van der Waals surface area contributed by atoms with Gasteiger partial charge in [-0.1, -0.05) is 12.1 Å². The van der Waals surface area contributed by atoms with Gasteiger partial charge in [-0.25, -0.2) is 4.79 Å². The van der Waals surface area contributed by atoms with Gasteiger partial charge in [-0.05, 0) is 44.9 Å². The zero-order valence-corrected chi connectivity index (χ0v) is 14.0. The van der Waals surface area contributed by atoms with Crippen molar-refractivity contribution < 1.29 is 23.8 Å². The minimum Gasteiger partial charge on any atom is -0.493 e. The molecule has 23 heavy (non-hydrogen) atoms. The van der Waals surface area contributed by atoms with E-state index in [-0.39, 0.29) is 11.9 Å². The van der Waals surface area contributed by atoms with Gasteiger partial charge in [0.05, 0.1) is 19.8 Å². The normalized spacial score (nSPS) is 10.6. The van der Waals surface area contributed by atoms with E-state index in [0.717, 1.165) is 11.1 Å². The van der Waals surface area contributed by atoms with E-state index in [9.17, 15) is 9.59 Å². The monoisotopic (exact) mass is 320 g/mol. The number of hydrogen-bond donors (Lipinski definition) is 0. The Morgan fingerprint density at radius 1 is 1.13 bits per heavy atom. The van der Waals surface area contributed by atoms with Crippen molar-refractivity contribution in [3.05, 3.63) is 35.4 Å². The van der Waals surface area contributed by atoms with Gasteiger partial charge in [0.1, 0.15) is 5.75 Å². The second-order valence-electron chi connectivity index (χ2n) is 4.83. The van der Waals surface area contributed by atoms with E-state index in [1.807, 2.05) is 25.1 Å².